The Kier molecular flexibility index (Phi) is 8.11. The van der Waals surface area contributed by atoms with Crippen LogP contribution >= 0.6 is 0 Å². The number of benzene rings is 2. The molecule has 0 unspecified atom stereocenters. The van der Waals surface area contributed by atoms with Gasteiger partial charge < -0.3 is 20.1 Å². The van der Waals surface area contributed by atoms with Crippen LogP contribution in [0.2, 0.25) is 0 Å². The molecule has 0 bridgehead atoms. The van der Waals surface area contributed by atoms with Gasteiger partial charge in [0.05, 0.1) is 17.9 Å². The molecule has 1 aliphatic rings. The second-order valence-corrected chi connectivity index (χ2v) is 10.1. The Morgan fingerprint density at radius 3 is 2.51 bits per heavy atom. The fourth-order valence-electron chi connectivity index (χ4n) is 4.08. The molecule has 2 aromatic carbocycles. The number of nitrogens with one attached hydrogen (secondary N) is 2. The summed E-state index contributed by atoms with van der Waals surface area (Å²) < 4.78 is 11.3. The topological polar surface area (TPSA) is 98.1 Å². The summed E-state index contributed by atoms with van der Waals surface area (Å²) in [6, 6.07) is 15.5. The number of aromatic nitrogens is 1. The summed E-state index contributed by atoms with van der Waals surface area (Å²) in [5, 5.41) is 13.0. The van der Waals surface area contributed by atoms with Crippen molar-refractivity contribution >= 4 is 29.1 Å². The molecule has 7 nitrogen and oxygen atoms in total. The third kappa shape index (κ3) is 6.67. The zero-order valence-electron chi connectivity index (χ0n) is 22.4. The average molecular weight is 502 g/mol. The van der Waals surface area contributed by atoms with E-state index in [0.717, 1.165) is 16.9 Å². The van der Waals surface area contributed by atoms with E-state index in [-0.39, 0.29) is 24.4 Å². The van der Waals surface area contributed by atoms with Crippen LogP contribution in [0, 0.1) is 19.8 Å². The van der Waals surface area contributed by atoms with Gasteiger partial charge in [0.15, 0.2) is 5.69 Å². The summed E-state index contributed by atoms with van der Waals surface area (Å²) in [4.78, 5) is 17.1. The van der Waals surface area contributed by atoms with E-state index in [1.807, 2.05) is 45.2 Å². The molecule has 0 saturated heterocycles. The molecule has 37 heavy (non-hydrogen) atoms. The third-order valence-electron chi connectivity index (χ3n) is 6.45. The second kappa shape index (κ2) is 11.5. The van der Waals surface area contributed by atoms with Crippen LogP contribution in [0.5, 0.6) is 0 Å². The first-order valence-corrected chi connectivity index (χ1v) is 12.8. The van der Waals surface area contributed by atoms with Gasteiger partial charge in [0.2, 0.25) is 0 Å². The number of rotatable bonds is 10. The smallest absolute Gasteiger partial charge is 0.388 e. The standard InChI is InChI=1S/C30H36N4O3/c1-18(2)16-37-30(35)23-8-6-7-21(15-23)17-36-29(31)28-25(32-5)11-12-27(34-28)33-26-14-20(4)19(3)13-24(26)22-9-10-22/h6-8,11-15,18,22,31-32H,9-10,16-17H2,1-5H3,(H,33,34)/p+1. The largest absolute Gasteiger partial charge is 0.462 e. The highest BCUT2D eigenvalue weighted by Gasteiger charge is 2.27. The molecule has 4 rings (SSSR count). The van der Waals surface area contributed by atoms with E-state index >= 15 is 0 Å². The van der Waals surface area contributed by atoms with Crippen LogP contribution in [-0.4, -0.2) is 30.5 Å². The Labute approximate surface area is 219 Å². The fraction of sp³-hybridized carbons (Fsp3) is 0.367. The molecule has 3 aromatic rings. The van der Waals surface area contributed by atoms with Gasteiger partial charge in [-0.25, -0.2) is 15.2 Å². The lowest BCUT2D eigenvalue weighted by molar-refractivity contribution is -0.140. The number of esters is 1. The number of carbonyl (C=O) groups is 1. The highest BCUT2D eigenvalue weighted by atomic mass is 16.5. The number of hydrogen-bond acceptors (Lipinski definition) is 6. The van der Waals surface area contributed by atoms with Crippen LogP contribution in [0.25, 0.3) is 0 Å². The first kappa shape index (κ1) is 26.2. The number of nitrogens with zero attached hydrogens (tertiary/aromatic N) is 1. The first-order chi connectivity index (χ1) is 17.7. The Hall–Kier alpha value is -3.87. The highest BCUT2D eigenvalue weighted by molar-refractivity contribution is 5.94. The summed E-state index contributed by atoms with van der Waals surface area (Å²) >= 11 is 0. The predicted molar refractivity (Wildman–Crippen MR) is 147 cm³/mol. The van der Waals surface area contributed by atoms with Gasteiger partial charge in [-0.2, -0.15) is 0 Å². The lowest BCUT2D eigenvalue weighted by atomic mass is 10.0. The summed E-state index contributed by atoms with van der Waals surface area (Å²) in [6.07, 6.45) is 2.44. The summed E-state index contributed by atoms with van der Waals surface area (Å²) in [5.74, 6) is 1.43. The normalized spacial score (nSPS) is 12.8. The zero-order valence-corrected chi connectivity index (χ0v) is 22.4. The molecule has 1 aromatic heterocycles. The molecular weight excluding hydrogens is 464 g/mol. The number of hydrogen-bond donors (Lipinski definition) is 3. The number of aryl methyl sites for hydroxylation is 2. The van der Waals surface area contributed by atoms with Crippen molar-refractivity contribution in [3.8, 4) is 0 Å². The van der Waals surface area contributed by atoms with Crippen molar-refractivity contribution in [3.63, 3.8) is 0 Å². The molecule has 0 amide bonds. The Bertz CT molecular complexity index is 1300. The number of anilines is 3. The molecular formula is C30H37N4O3+. The molecule has 1 heterocycles. The molecule has 0 atom stereocenters. The van der Waals surface area contributed by atoms with E-state index < -0.39 is 0 Å². The van der Waals surface area contributed by atoms with Crippen molar-refractivity contribution < 1.29 is 19.7 Å². The fourth-order valence-corrected chi connectivity index (χ4v) is 4.08. The van der Waals surface area contributed by atoms with Crippen molar-refractivity contribution in [3.05, 3.63) is 82.0 Å². The third-order valence-corrected chi connectivity index (χ3v) is 6.45. The average Bonchev–Trinajstić information content (AvgIpc) is 3.73. The Morgan fingerprint density at radius 2 is 1.81 bits per heavy atom. The molecule has 0 spiro atoms. The number of ether oxygens (including phenoxy) is 2. The van der Waals surface area contributed by atoms with Gasteiger partial charge in [-0.05, 0) is 91.1 Å². The molecule has 7 heteroatoms. The van der Waals surface area contributed by atoms with Crippen molar-refractivity contribution in [1.82, 2.24) is 4.98 Å². The van der Waals surface area contributed by atoms with Gasteiger partial charge in [0.1, 0.15) is 12.4 Å². The zero-order chi connectivity index (χ0) is 26.5. The minimum absolute atomic E-state index is 0.197. The van der Waals surface area contributed by atoms with Crippen LogP contribution < -0.4 is 16.0 Å². The van der Waals surface area contributed by atoms with Gasteiger partial charge in [0, 0.05) is 12.7 Å². The van der Waals surface area contributed by atoms with Gasteiger partial charge >= 0.3 is 11.9 Å². The minimum Gasteiger partial charge on any atom is -0.462 e. The molecule has 1 saturated carbocycles. The van der Waals surface area contributed by atoms with Crippen molar-refractivity contribution in [1.29, 1.82) is 0 Å². The van der Waals surface area contributed by atoms with Crippen molar-refractivity contribution in [2.75, 3.05) is 24.3 Å². The quantitative estimate of drug-likeness (QED) is 0.208. The van der Waals surface area contributed by atoms with E-state index in [4.69, 9.17) is 19.9 Å². The Balaban J connectivity index is 1.48. The maximum atomic E-state index is 12.3. The van der Waals surface area contributed by atoms with E-state index in [1.165, 1.54) is 29.5 Å². The lowest BCUT2D eigenvalue weighted by Gasteiger charge is -2.15. The SMILES string of the molecule is CNc1ccc(Nc2cc(C)c(C)cc2C2CC2)nc1C(=[NH2+])OCc1cccc(C(=O)OCC(C)C)c1. The molecule has 1 aliphatic carbocycles. The van der Waals surface area contributed by atoms with E-state index in [0.29, 0.717) is 29.6 Å². The van der Waals surface area contributed by atoms with Gasteiger partial charge in [0.25, 0.3) is 0 Å². The van der Waals surface area contributed by atoms with Crippen LogP contribution in [0.1, 0.15) is 70.9 Å². The molecule has 4 N–H and O–H groups in total. The van der Waals surface area contributed by atoms with Crippen LogP contribution in [0.15, 0.2) is 48.5 Å². The maximum Gasteiger partial charge on any atom is 0.388 e. The molecule has 0 aliphatic heterocycles. The second-order valence-electron chi connectivity index (χ2n) is 10.1. The van der Waals surface area contributed by atoms with Crippen molar-refractivity contribution in [2.45, 2.75) is 53.1 Å². The summed E-state index contributed by atoms with van der Waals surface area (Å²) in [7, 11) is 1.82. The summed E-state index contributed by atoms with van der Waals surface area (Å²) in [5.41, 5.74) is 7.55. The molecule has 1 fully saturated rings. The van der Waals surface area contributed by atoms with Gasteiger partial charge in [-0.3, -0.25) is 0 Å². The first-order valence-electron chi connectivity index (χ1n) is 12.8. The number of pyridine rings is 1. The van der Waals surface area contributed by atoms with Crippen LogP contribution in [0.3, 0.4) is 0 Å². The van der Waals surface area contributed by atoms with E-state index in [9.17, 15) is 4.79 Å². The van der Waals surface area contributed by atoms with Crippen LogP contribution in [-0.2, 0) is 16.1 Å². The summed E-state index contributed by atoms with van der Waals surface area (Å²) in [6.45, 7) is 8.86. The minimum atomic E-state index is -0.345. The van der Waals surface area contributed by atoms with Gasteiger partial charge in [-0.1, -0.05) is 32.0 Å². The van der Waals surface area contributed by atoms with E-state index in [2.05, 4.69) is 36.6 Å². The molecule has 0 radical (unpaired) electrons. The number of carbonyl (C=O) groups excluding carboxylic acids is 1. The molecule has 194 valence electrons. The monoisotopic (exact) mass is 501 g/mol. The van der Waals surface area contributed by atoms with E-state index in [1.54, 1.807) is 12.1 Å². The van der Waals surface area contributed by atoms with Crippen molar-refractivity contribution in [2.24, 2.45) is 5.92 Å². The van der Waals surface area contributed by atoms with Gasteiger partial charge in [-0.15, -0.1) is 0 Å². The Morgan fingerprint density at radius 1 is 1.05 bits per heavy atom. The van der Waals surface area contributed by atoms with Crippen LogP contribution in [0.4, 0.5) is 17.2 Å². The lowest BCUT2D eigenvalue weighted by Crippen LogP contribution is -2.43. The highest BCUT2D eigenvalue weighted by Crippen LogP contribution is 2.44. The maximum absolute atomic E-state index is 12.3. The number of nitrogens with two attached hydrogens (primary N) is 1. The predicted octanol–water partition coefficient (Wildman–Crippen LogP) is 4.90.